The number of hydrogen-bond donors (Lipinski definition) is 3. The van der Waals surface area contributed by atoms with Crippen LogP contribution in [0.4, 0.5) is 0 Å². The highest BCUT2D eigenvalue weighted by Crippen LogP contribution is 2.30. The quantitative estimate of drug-likeness (QED) is 0.212. The Morgan fingerprint density at radius 1 is 0.903 bits per heavy atom. The molecule has 0 aliphatic rings. The van der Waals surface area contributed by atoms with Gasteiger partial charge in [-0.05, 0) is 19.8 Å². The van der Waals surface area contributed by atoms with Crippen LogP contribution in [0.1, 0.15) is 105 Å². The SMILES string of the molecule is CCCCCCCCCCCC(=O)NC(CC)C(C)[N+](C)(C)C(C)(CC(=O)O)C(=O)O. The van der Waals surface area contributed by atoms with Crippen molar-refractivity contribution in [3.63, 3.8) is 0 Å². The minimum Gasteiger partial charge on any atom is -0.481 e. The normalized spacial score (nSPS) is 15.7. The van der Waals surface area contributed by atoms with Crippen molar-refractivity contribution >= 4 is 17.8 Å². The Morgan fingerprint density at radius 2 is 1.39 bits per heavy atom. The van der Waals surface area contributed by atoms with E-state index >= 15 is 0 Å². The van der Waals surface area contributed by atoms with E-state index in [1.165, 1.54) is 45.4 Å². The Labute approximate surface area is 189 Å². The zero-order valence-electron chi connectivity index (χ0n) is 20.7. The van der Waals surface area contributed by atoms with Crippen LogP contribution in [0.3, 0.4) is 0 Å². The van der Waals surface area contributed by atoms with Gasteiger partial charge in [-0.1, -0.05) is 65.2 Å². The first-order valence-corrected chi connectivity index (χ1v) is 12.0. The molecule has 0 spiro atoms. The Hall–Kier alpha value is -1.63. The van der Waals surface area contributed by atoms with Crippen molar-refractivity contribution in [1.82, 2.24) is 5.32 Å². The summed E-state index contributed by atoms with van der Waals surface area (Å²) < 4.78 is -0.0363. The van der Waals surface area contributed by atoms with Crippen LogP contribution in [0.25, 0.3) is 0 Å². The second-order valence-electron chi connectivity index (χ2n) is 9.59. The third-order valence-corrected chi connectivity index (χ3v) is 7.12. The molecule has 0 bridgehead atoms. The summed E-state index contributed by atoms with van der Waals surface area (Å²) in [7, 11) is 3.47. The van der Waals surface area contributed by atoms with Crippen LogP contribution in [-0.4, -0.2) is 64.3 Å². The number of unbranched alkanes of at least 4 members (excludes halogenated alkanes) is 8. The van der Waals surface area contributed by atoms with E-state index in [4.69, 9.17) is 0 Å². The Kier molecular flexibility index (Phi) is 13.7. The standard InChI is InChI=1S/C24H46N2O5/c1-7-9-10-11-12-13-14-15-16-17-21(27)25-20(8-2)19(3)26(5,6)24(4,23(30)31)18-22(28)29/h19-20H,7-18H2,1-6H3,(H2-,25,27,28,29,30,31)/p+1. The number of carbonyl (C=O) groups excluding carboxylic acids is 1. The minimum absolute atomic E-state index is 0.0168. The van der Waals surface area contributed by atoms with Gasteiger partial charge in [0.1, 0.15) is 12.5 Å². The monoisotopic (exact) mass is 443 g/mol. The maximum atomic E-state index is 12.5. The molecule has 0 aromatic carbocycles. The van der Waals surface area contributed by atoms with Crippen LogP contribution >= 0.6 is 0 Å². The predicted octanol–water partition coefficient (Wildman–Crippen LogP) is 4.59. The Balaban J connectivity index is 4.67. The summed E-state index contributed by atoms with van der Waals surface area (Å²) in [5, 5.41) is 22.1. The molecule has 31 heavy (non-hydrogen) atoms. The van der Waals surface area contributed by atoms with Gasteiger partial charge < -0.3 is 20.0 Å². The maximum absolute atomic E-state index is 12.5. The van der Waals surface area contributed by atoms with Gasteiger partial charge in [-0.15, -0.1) is 0 Å². The number of aliphatic carboxylic acids is 2. The molecule has 3 unspecified atom stereocenters. The summed E-state index contributed by atoms with van der Waals surface area (Å²) in [6.45, 7) is 7.53. The minimum atomic E-state index is -1.50. The number of carbonyl (C=O) groups is 3. The molecule has 3 atom stereocenters. The molecule has 0 radical (unpaired) electrons. The summed E-state index contributed by atoms with van der Waals surface area (Å²) in [4.78, 5) is 35.8. The van der Waals surface area contributed by atoms with Crippen LogP contribution in [0.5, 0.6) is 0 Å². The summed E-state index contributed by atoms with van der Waals surface area (Å²) in [5.74, 6) is -2.31. The number of nitrogens with zero attached hydrogens (tertiary/aromatic N) is 1. The van der Waals surface area contributed by atoms with Gasteiger partial charge in [0.05, 0.1) is 20.1 Å². The third kappa shape index (κ3) is 9.58. The molecule has 7 heteroatoms. The number of carboxylic acids is 2. The Bertz CT molecular complexity index is 564. The topological polar surface area (TPSA) is 104 Å². The molecule has 0 aliphatic carbocycles. The second-order valence-corrected chi connectivity index (χ2v) is 9.59. The van der Waals surface area contributed by atoms with Gasteiger partial charge in [-0.25, -0.2) is 4.79 Å². The van der Waals surface area contributed by atoms with Crippen LogP contribution in [0.2, 0.25) is 0 Å². The first-order chi connectivity index (χ1) is 14.4. The van der Waals surface area contributed by atoms with Gasteiger partial charge in [0.15, 0.2) is 0 Å². The average Bonchev–Trinajstić information content (AvgIpc) is 2.69. The molecule has 0 heterocycles. The highest BCUT2D eigenvalue weighted by atomic mass is 16.4. The van der Waals surface area contributed by atoms with Crippen molar-refractivity contribution in [2.75, 3.05) is 14.1 Å². The van der Waals surface area contributed by atoms with E-state index in [1.807, 2.05) is 13.8 Å². The molecule has 0 aromatic heterocycles. The molecule has 7 nitrogen and oxygen atoms in total. The molecular weight excluding hydrogens is 396 g/mol. The molecule has 0 aromatic rings. The summed E-state index contributed by atoms with van der Waals surface area (Å²) in [5.41, 5.74) is -1.50. The van der Waals surface area contributed by atoms with Gasteiger partial charge in [-0.3, -0.25) is 9.59 Å². The number of rotatable bonds is 18. The maximum Gasteiger partial charge on any atom is 0.366 e. The molecule has 0 aliphatic heterocycles. The average molecular weight is 444 g/mol. The lowest BCUT2D eigenvalue weighted by Crippen LogP contribution is -2.70. The van der Waals surface area contributed by atoms with Gasteiger partial charge in [0, 0.05) is 13.3 Å². The van der Waals surface area contributed by atoms with E-state index in [2.05, 4.69) is 12.2 Å². The zero-order valence-corrected chi connectivity index (χ0v) is 20.7. The number of hydrogen-bond acceptors (Lipinski definition) is 3. The molecule has 3 N–H and O–H groups in total. The van der Waals surface area contributed by atoms with Crippen LogP contribution in [0.15, 0.2) is 0 Å². The van der Waals surface area contributed by atoms with Crippen molar-refractivity contribution in [1.29, 1.82) is 0 Å². The van der Waals surface area contributed by atoms with Crippen LogP contribution < -0.4 is 5.32 Å². The highest BCUT2D eigenvalue weighted by Gasteiger charge is 2.54. The molecule has 1 amide bonds. The fourth-order valence-electron chi connectivity index (χ4n) is 4.16. The first kappa shape index (κ1) is 29.4. The largest absolute Gasteiger partial charge is 0.481 e. The summed E-state index contributed by atoms with van der Waals surface area (Å²) in [6.07, 6.45) is 11.4. The molecule has 0 fully saturated rings. The summed E-state index contributed by atoms with van der Waals surface area (Å²) in [6, 6.07) is -0.494. The lowest BCUT2D eigenvalue weighted by molar-refractivity contribution is -0.952. The Morgan fingerprint density at radius 3 is 1.81 bits per heavy atom. The van der Waals surface area contributed by atoms with Gasteiger partial charge >= 0.3 is 11.9 Å². The van der Waals surface area contributed by atoms with E-state index in [0.29, 0.717) is 12.8 Å². The van der Waals surface area contributed by atoms with E-state index in [0.717, 1.165) is 19.3 Å². The smallest absolute Gasteiger partial charge is 0.366 e. The van der Waals surface area contributed by atoms with Crippen molar-refractivity contribution in [2.45, 2.75) is 122 Å². The zero-order chi connectivity index (χ0) is 24.1. The van der Waals surface area contributed by atoms with E-state index < -0.39 is 23.9 Å². The van der Waals surface area contributed by atoms with Crippen molar-refractivity contribution in [3.05, 3.63) is 0 Å². The molecule has 0 saturated heterocycles. The van der Waals surface area contributed by atoms with Gasteiger partial charge in [0.25, 0.3) is 0 Å². The first-order valence-electron chi connectivity index (χ1n) is 12.0. The molecule has 0 saturated carbocycles. The van der Waals surface area contributed by atoms with Crippen molar-refractivity contribution in [3.8, 4) is 0 Å². The van der Waals surface area contributed by atoms with Crippen LogP contribution in [0, 0.1) is 0 Å². The third-order valence-electron chi connectivity index (χ3n) is 7.12. The second kappa shape index (κ2) is 14.4. The predicted molar refractivity (Wildman–Crippen MR) is 124 cm³/mol. The number of carboxylic acid groups (broad SMARTS) is 2. The fraction of sp³-hybridized carbons (Fsp3) is 0.875. The summed E-state index contributed by atoms with van der Waals surface area (Å²) >= 11 is 0. The molecule has 182 valence electrons. The lowest BCUT2D eigenvalue weighted by atomic mass is 9.88. The van der Waals surface area contributed by atoms with Gasteiger partial charge in [0.2, 0.25) is 11.4 Å². The molecule has 0 rings (SSSR count). The van der Waals surface area contributed by atoms with Crippen LogP contribution in [-0.2, 0) is 14.4 Å². The van der Waals surface area contributed by atoms with Gasteiger partial charge in [-0.2, -0.15) is 0 Å². The fourth-order valence-corrected chi connectivity index (χ4v) is 4.16. The number of likely N-dealkylation sites (N-methyl/N-ethyl adjacent to an activating group) is 1. The van der Waals surface area contributed by atoms with Crippen molar-refractivity contribution in [2.24, 2.45) is 0 Å². The number of amides is 1. The van der Waals surface area contributed by atoms with Crippen molar-refractivity contribution < 1.29 is 29.1 Å². The van der Waals surface area contributed by atoms with E-state index in [9.17, 15) is 24.6 Å². The highest BCUT2D eigenvalue weighted by molar-refractivity contribution is 5.83. The van der Waals surface area contributed by atoms with E-state index in [-0.39, 0.29) is 22.5 Å². The van der Waals surface area contributed by atoms with E-state index in [1.54, 1.807) is 14.1 Å². The number of quaternary nitrogens is 1. The lowest BCUT2D eigenvalue weighted by Gasteiger charge is -2.49. The number of nitrogens with one attached hydrogen (secondary N) is 1. The molecular formula is C24H47N2O5+.